The van der Waals surface area contributed by atoms with Crippen molar-refractivity contribution < 1.29 is 9.59 Å². The molecular formula is C17H23NO2. The first kappa shape index (κ1) is 16.2. The van der Waals surface area contributed by atoms with Crippen molar-refractivity contribution in [2.45, 2.75) is 40.5 Å². The zero-order valence-corrected chi connectivity index (χ0v) is 12.7. The van der Waals surface area contributed by atoms with Crippen molar-refractivity contribution in [2.75, 3.05) is 5.32 Å². The number of allylic oxidation sites excluding steroid dienone is 1. The van der Waals surface area contributed by atoms with Gasteiger partial charge in [-0.25, -0.2) is 0 Å². The Bertz CT molecular complexity index is 498. The predicted molar refractivity (Wildman–Crippen MR) is 82.9 cm³/mol. The van der Waals surface area contributed by atoms with Gasteiger partial charge in [-0.2, -0.15) is 0 Å². The Morgan fingerprint density at radius 1 is 1.20 bits per heavy atom. The highest BCUT2D eigenvalue weighted by molar-refractivity contribution is 5.96. The maximum absolute atomic E-state index is 12.0. The molecule has 0 unspecified atom stereocenters. The van der Waals surface area contributed by atoms with Crippen LogP contribution in [-0.2, 0) is 4.79 Å². The number of hydrogen-bond acceptors (Lipinski definition) is 3. The Morgan fingerprint density at radius 3 is 2.25 bits per heavy atom. The van der Waals surface area contributed by atoms with Crippen molar-refractivity contribution in [2.24, 2.45) is 5.92 Å². The SMILES string of the molecule is CC/C(=C/Nc1ccc(C(C)=O)cc1)C(=O)CC(C)C. The second kappa shape index (κ2) is 7.63. The molecule has 1 aromatic rings. The number of carbonyl (C=O) groups is 2. The molecule has 1 rings (SSSR count). The van der Waals surface area contributed by atoms with Crippen LogP contribution in [0.4, 0.5) is 5.69 Å². The molecule has 0 amide bonds. The monoisotopic (exact) mass is 273 g/mol. The Morgan fingerprint density at radius 2 is 1.80 bits per heavy atom. The van der Waals surface area contributed by atoms with Crippen LogP contribution in [0.2, 0.25) is 0 Å². The van der Waals surface area contributed by atoms with Gasteiger partial charge in [0.1, 0.15) is 0 Å². The summed E-state index contributed by atoms with van der Waals surface area (Å²) in [5.41, 5.74) is 2.36. The minimum Gasteiger partial charge on any atom is -0.361 e. The van der Waals surface area contributed by atoms with E-state index < -0.39 is 0 Å². The Balaban J connectivity index is 2.73. The summed E-state index contributed by atoms with van der Waals surface area (Å²) in [6.45, 7) is 7.60. The second-order valence-electron chi connectivity index (χ2n) is 5.32. The van der Waals surface area contributed by atoms with Crippen LogP contribution in [0.3, 0.4) is 0 Å². The molecule has 3 heteroatoms. The molecule has 20 heavy (non-hydrogen) atoms. The number of benzene rings is 1. The zero-order valence-electron chi connectivity index (χ0n) is 12.7. The minimum atomic E-state index is 0.0495. The molecular weight excluding hydrogens is 250 g/mol. The van der Waals surface area contributed by atoms with Crippen molar-refractivity contribution in [3.8, 4) is 0 Å². The maximum atomic E-state index is 12.0. The third-order valence-electron chi connectivity index (χ3n) is 3.04. The molecule has 0 aliphatic rings. The van der Waals surface area contributed by atoms with E-state index in [1.807, 2.05) is 32.9 Å². The average molecular weight is 273 g/mol. The topological polar surface area (TPSA) is 46.2 Å². The van der Waals surface area contributed by atoms with E-state index in [1.54, 1.807) is 25.3 Å². The van der Waals surface area contributed by atoms with Gasteiger partial charge in [0.25, 0.3) is 0 Å². The Labute approximate surface area is 121 Å². The fourth-order valence-electron chi connectivity index (χ4n) is 1.85. The molecule has 1 aromatic carbocycles. The molecule has 0 aliphatic heterocycles. The molecule has 0 radical (unpaired) electrons. The number of hydrogen-bond donors (Lipinski definition) is 1. The van der Waals surface area contributed by atoms with E-state index in [-0.39, 0.29) is 11.6 Å². The van der Waals surface area contributed by atoms with Crippen LogP contribution >= 0.6 is 0 Å². The van der Waals surface area contributed by atoms with Gasteiger partial charge in [0.2, 0.25) is 0 Å². The number of rotatable bonds is 7. The quantitative estimate of drug-likeness (QED) is 0.598. The molecule has 0 fully saturated rings. The lowest BCUT2D eigenvalue weighted by atomic mass is 10.0. The first-order valence-electron chi connectivity index (χ1n) is 7.03. The highest BCUT2D eigenvalue weighted by atomic mass is 16.1. The summed E-state index contributed by atoms with van der Waals surface area (Å²) in [4.78, 5) is 23.2. The van der Waals surface area contributed by atoms with E-state index >= 15 is 0 Å². The largest absolute Gasteiger partial charge is 0.361 e. The smallest absolute Gasteiger partial charge is 0.160 e. The molecule has 0 aromatic heterocycles. The zero-order chi connectivity index (χ0) is 15.1. The van der Waals surface area contributed by atoms with Crippen molar-refractivity contribution >= 4 is 17.3 Å². The summed E-state index contributed by atoms with van der Waals surface area (Å²) in [5, 5.41) is 3.12. The van der Waals surface area contributed by atoms with E-state index in [9.17, 15) is 9.59 Å². The van der Waals surface area contributed by atoms with Gasteiger partial charge in [0, 0.05) is 29.4 Å². The van der Waals surface area contributed by atoms with Gasteiger partial charge in [-0.05, 0) is 43.5 Å². The second-order valence-corrected chi connectivity index (χ2v) is 5.32. The normalized spacial score (nSPS) is 11.6. The van der Waals surface area contributed by atoms with Gasteiger partial charge in [-0.15, -0.1) is 0 Å². The van der Waals surface area contributed by atoms with E-state index in [0.29, 0.717) is 24.3 Å². The number of carbonyl (C=O) groups excluding carboxylic acids is 2. The van der Waals surface area contributed by atoms with Crippen LogP contribution in [0.1, 0.15) is 50.9 Å². The van der Waals surface area contributed by atoms with E-state index in [4.69, 9.17) is 0 Å². The van der Waals surface area contributed by atoms with Gasteiger partial charge in [0.05, 0.1) is 0 Å². The van der Waals surface area contributed by atoms with Crippen LogP contribution in [0, 0.1) is 5.92 Å². The van der Waals surface area contributed by atoms with Crippen LogP contribution in [0.5, 0.6) is 0 Å². The van der Waals surface area contributed by atoms with Gasteiger partial charge < -0.3 is 5.32 Å². The van der Waals surface area contributed by atoms with Crippen molar-refractivity contribution in [1.29, 1.82) is 0 Å². The highest BCUT2D eigenvalue weighted by Gasteiger charge is 2.09. The summed E-state index contributed by atoms with van der Waals surface area (Å²) in [6, 6.07) is 7.24. The van der Waals surface area contributed by atoms with Gasteiger partial charge >= 0.3 is 0 Å². The predicted octanol–water partition coefficient (Wildman–Crippen LogP) is 4.21. The van der Waals surface area contributed by atoms with Crippen molar-refractivity contribution in [1.82, 2.24) is 0 Å². The molecule has 0 saturated heterocycles. The summed E-state index contributed by atoms with van der Waals surface area (Å²) in [6.07, 6.45) is 3.06. The molecule has 0 bridgehead atoms. The molecule has 0 spiro atoms. The molecule has 0 saturated carbocycles. The standard InChI is InChI=1S/C17H23NO2/c1-5-14(17(20)10-12(2)3)11-18-16-8-6-15(7-9-16)13(4)19/h6-9,11-12,18H,5,10H2,1-4H3/b14-11-. The highest BCUT2D eigenvalue weighted by Crippen LogP contribution is 2.14. The van der Waals surface area contributed by atoms with Crippen molar-refractivity contribution in [3.05, 3.63) is 41.6 Å². The van der Waals surface area contributed by atoms with Crippen LogP contribution in [0.25, 0.3) is 0 Å². The minimum absolute atomic E-state index is 0.0495. The average Bonchev–Trinajstić information content (AvgIpc) is 2.39. The lowest BCUT2D eigenvalue weighted by molar-refractivity contribution is -0.116. The summed E-state index contributed by atoms with van der Waals surface area (Å²) in [7, 11) is 0. The lowest BCUT2D eigenvalue weighted by Gasteiger charge is -2.08. The molecule has 1 N–H and O–H groups in total. The van der Waals surface area contributed by atoms with Gasteiger partial charge in [-0.1, -0.05) is 20.8 Å². The first-order chi connectivity index (χ1) is 9.43. The van der Waals surface area contributed by atoms with E-state index in [0.717, 1.165) is 11.3 Å². The lowest BCUT2D eigenvalue weighted by Crippen LogP contribution is -2.07. The first-order valence-corrected chi connectivity index (χ1v) is 7.03. The number of anilines is 1. The third-order valence-corrected chi connectivity index (χ3v) is 3.04. The molecule has 0 atom stereocenters. The van der Waals surface area contributed by atoms with E-state index in [2.05, 4.69) is 5.32 Å². The summed E-state index contributed by atoms with van der Waals surface area (Å²) >= 11 is 0. The molecule has 0 aliphatic carbocycles. The Hall–Kier alpha value is -1.90. The molecule has 0 heterocycles. The van der Waals surface area contributed by atoms with Crippen LogP contribution in [-0.4, -0.2) is 11.6 Å². The van der Waals surface area contributed by atoms with Gasteiger partial charge in [-0.3, -0.25) is 9.59 Å². The molecule has 3 nitrogen and oxygen atoms in total. The van der Waals surface area contributed by atoms with E-state index in [1.165, 1.54) is 0 Å². The maximum Gasteiger partial charge on any atom is 0.160 e. The third kappa shape index (κ3) is 5.00. The van der Waals surface area contributed by atoms with Crippen LogP contribution < -0.4 is 5.32 Å². The number of ketones is 2. The number of Topliss-reactive ketones (excluding diaryl/α,β-unsaturated/α-hetero) is 2. The summed E-state index contributed by atoms with van der Waals surface area (Å²) in [5.74, 6) is 0.608. The number of nitrogens with one attached hydrogen (secondary N) is 1. The summed E-state index contributed by atoms with van der Waals surface area (Å²) < 4.78 is 0. The fourth-order valence-corrected chi connectivity index (χ4v) is 1.85. The molecule has 108 valence electrons. The Kier molecular flexibility index (Phi) is 6.16. The van der Waals surface area contributed by atoms with Crippen molar-refractivity contribution in [3.63, 3.8) is 0 Å². The van der Waals surface area contributed by atoms with Crippen LogP contribution in [0.15, 0.2) is 36.0 Å². The van der Waals surface area contributed by atoms with Gasteiger partial charge in [0.15, 0.2) is 11.6 Å². The fraction of sp³-hybridized carbons (Fsp3) is 0.412.